The molecule has 1 amide bonds. The Morgan fingerprint density at radius 2 is 2.00 bits per heavy atom. The van der Waals surface area contributed by atoms with E-state index in [4.69, 9.17) is 5.73 Å². The Labute approximate surface area is 92.3 Å². The van der Waals surface area contributed by atoms with Gasteiger partial charge in [-0.2, -0.15) is 13.2 Å². The number of nitrogens with one attached hydrogen (secondary N) is 1. The zero-order chi connectivity index (χ0) is 12.8. The van der Waals surface area contributed by atoms with Gasteiger partial charge in [-0.15, -0.1) is 0 Å². The quantitative estimate of drug-likeness (QED) is 0.645. The Hall–Kier alpha value is -0.820. The lowest BCUT2D eigenvalue weighted by Gasteiger charge is -2.18. The van der Waals surface area contributed by atoms with Crippen LogP contribution in [0.3, 0.4) is 0 Å². The molecular weight excluding hydrogens is 225 g/mol. The molecule has 0 aromatic rings. The fraction of sp³-hybridized carbons (Fsp3) is 0.889. The van der Waals surface area contributed by atoms with Gasteiger partial charge in [-0.05, 0) is 5.92 Å². The van der Waals surface area contributed by atoms with E-state index in [9.17, 15) is 18.0 Å². The van der Waals surface area contributed by atoms with Crippen LogP contribution in [0.2, 0.25) is 0 Å². The maximum atomic E-state index is 11.7. The molecule has 0 bridgehead atoms. The van der Waals surface area contributed by atoms with Crippen LogP contribution < -0.4 is 11.1 Å². The van der Waals surface area contributed by atoms with Gasteiger partial charge < -0.3 is 15.8 Å². The van der Waals surface area contributed by atoms with E-state index < -0.39 is 24.7 Å². The van der Waals surface area contributed by atoms with Crippen LogP contribution in [0.4, 0.5) is 13.2 Å². The standard InChI is InChI=1S/C9H17F3N2O2/c1-6(2)7(8(13)15)14-3-4-16-5-9(10,11)12/h6-7,14H,3-5H2,1-2H3,(H2,13,15). The maximum Gasteiger partial charge on any atom is 0.411 e. The van der Waals surface area contributed by atoms with E-state index in [2.05, 4.69) is 10.1 Å². The molecule has 0 aromatic heterocycles. The lowest BCUT2D eigenvalue weighted by Crippen LogP contribution is -2.46. The van der Waals surface area contributed by atoms with Crippen molar-refractivity contribution in [3.63, 3.8) is 0 Å². The molecule has 0 saturated carbocycles. The molecule has 7 heteroatoms. The summed E-state index contributed by atoms with van der Waals surface area (Å²) in [6.07, 6.45) is -4.32. The smallest absolute Gasteiger partial charge is 0.371 e. The summed E-state index contributed by atoms with van der Waals surface area (Å²) in [5.41, 5.74) is 5.10. The largest absolute Gasteiger partial charge is 0.411 e. The molecule has 96 valence electrons. The van der Waals surface area contributed by atoms with Gasteiger partial charge in [-0.25, -0.2) is 0 Å². The molecule has 1 unspecified atom stereocenters. The summed E-state index contributed by atoms with van der Waals surface area (Å²) in [5, 5.41) is 2.74. The fourth-order valence-corrected chi connectivity index (χ4v) is 1.14. The summed E-state index contributed by atoms with van der Waals surface area (Å²) in [7, 11) is 0. The molecule has 0 aliphatic heterocycles. The number of hydrogen-bond donors (Lipinski definition) is 2. The zero-order valence-corrected chi connectivity index (χ0v) is 9.30. The third-order valence-corrected chi connectivity index (χ3v) is 1.85. The molecule has 16 heavy (non-hydrogen) atoms. The molecular formula is C9H17F3N2O2. The number of alkyl halides is 3. The number of ether oxygens (including phenoxy) is 1. The first-order chi connectivity index (χ1) is 7.24. The molecule has 3 N–H and O–H groups in total. The zero-order valence-electron chi connectivity index (χ0n) is 9.30. The molecule has 0 aliphatic rings. The molecule has 0 spiro atoms. The number of rotatable bonds is 7. The summed E-state index contributed by atoms with van der Waals surface area (Å²) in [5.74, 6) is -0.536. The molecule has 0 aromatic carbocycles. The number of halogens is 3. The first-order valence-electron chi connectivity index (χ1n) is 4.91. The van der Waals surface area contributed by atoms with Crippen molar-refractivity contribution in [2.45, 2.75) is 26.1 Å². The number of amides is 1. The van der Waals surface area contributed by atoms with Crippen LogP contribution in [-0.2, 0) is 9.53 Å². The number of primary amides is 1. The third-order valence-electron chi connectivity index (χ3n) is 1.85. The normalized spacial score (nSPS) is 14.1. The van der Waals surface area contributed by atoms with Gasteiger partial charge in [0.15, 0.2) is 0 Å². The van der Waals surface area contributed by atoms with E-state index in [0.717, 1.165) is 0 Å². The van der Waals surface area contributed by atoms with E-state index in [0.29, 0.717) is 0 Å². The van der Waals surface area contributed by atoms with E-state index in [1.54, 1.807) is 13.8 Å². The average Bonchev–Trinajstić information content (AvgIpc) is 2.07. The van der Waals surface area contributed by atoms with Gasteiger partial charge in [0.25, 0.3) is 0 Å². The fourth-order valence-electron chi connectivity index (χ4n) is 1.14. The van der Waals surface area contributed by atoms with Crippen molar-refractivity contribution < 1.29 is 22.7 Å². The average molecular weight is 242 g/mol. The Kier molecular flexibility index (Phi) is 6.35. The van der Waals surface area contributed by atoms with Gasteiger partial charge in [-0.1, -0.05) is 13.8 Å². The van der Waals surface area contributed by atoms with Gasteiger partial charge in [0.05, 0.1) is 12.6 Å². The van der Waals surface area contributed by atoms with Crippen molar-refractivity contribution in [3.05, 3.63) is 0 Å². The van der Waals surface area contributed by atoms with Crippen LogP contribution in [0.15, 0.2) is 0 Å². The lowest BCUT2D eigenvalue weighted by molar-refractivity contribution is -0.173. The molecule has 0 aliphatic carbocycles. The summed E-state index contributed by atoms with van der Waals surface area (Å²) in [4.78, 5) is 10.9. The van der Waals surface area contributed by atoms with E-state index in [-0.39, 0.29) is 19.1 Å². The second kappa shape index (κ2) is 6.70. The first kappa shape index (κ1) is 15.2. The van der Waals surface area contributed by atoms with Gasteiger partial charge in [0.2, 0.25) is 5.91 Å². The molecule has 0 fully saturated rings. The highest BCUT2D eigenvalue weighted by molar-refractivity contribution is 5.80. The van der Waals surface area contributed by atoms with Crippen LogP contribution >= 0.6 is 0 Å². The maximum absolute atomic E-state index is 11.7. The molecule has 0 saturated heterocycles. The predicted octanol–water partition coefficient (Wildman–Crippen LogP) is 0.665. The van der Waals surface area contributed by atoms with Crippen LogP contribution in [-0.4, -0.2) is 37.9 Å². The highest BCUT2D eigenvalue weighted by Crippen LogP contribution is 2.13. The van der Waals surface area contributed by atoms with E-state index in [1.807, 2.05) is 0 Å². The first-order valence-corrected chi connectivity index (χ1v) is 4.91. The summed E-state index contributed by atoms with van der Waals surface area (Å²) < 4.78 is 39.4. The van der Waals surface area contributed by atoms with Crippen molar-refractivity contribution in [2.24, 2.45) is 11.7 Å². The SMILES string of the molecule is CC(C)C(NCCOCC(F)(F)F)C(N)=O. The molecule has 4 nitrogen and oxygen atoms in total. The van der Waals surface area contributed by atoms with Gasteiger partial charge in [-0.3, -0.25) is 4.79 Å². The van der Waals surface area contributed by atoms with Crippen molar-refractivity contribution in [1.29, 1.82) is 0 Å². The summed E-state index contributed by atoms with van der Waals surface area (Å²) >= 11 is 0. The van der Waals surface area contributed by atoms with Crippen LogP contribution in [0.25, 0.3) is 0 Å². The van der Waals surface area contributed by atoms with Gasteiger partial charge in [0.1, 0.15) is 6.61 Å². The minimum atomic E-state index is -4.32. The van der Waals surface area contributed by atoms with Crippen molar-refractivity contribution in [2.75, 3.05) is 19.8 Å². The molecule has 0 heterocycles. The molecule has 1 atom stereocenters. The monoisotopic (exact) mass is 242 g/mol. The van der Waals surface area contributed by atoms with Crippen molar-refractivity contribution in [1.82, 2.24) is 5.32 Å². The van der Waals surface area contributed by atoms with E-state index >= 15 is 0 Å². The molecule has 0 radical (unpaired) electrons. The topological polar surface area (TPSA) is 64.3 Å². The van der Waals surface area contributed by atoms with Crippen molar-refractivity contribution >= 4 is 5.91 Å². The van der Waals surface area contributed by atoms with Crippen LogP contribution in [0, 0.1) is 5.92 Å². The minimum absolute atomic E-state index is 0.0138. The second-order valence-corrected chi connectivity index (χ2v) is 3.75. The van der Waals surface area contributed by atoms with Crippen LogP contribution in [0.5, 0.6) is 0 Å². The third kappa shape index (κ3) is 7.47. The lowest BCUT2D eigenvalue weighted by atomic mass is 10.0. The van der Waals surface area contributed by atoms with Crippen molar-refractivity contribution in [3.8, 4) is 0 Å². The minimum Gasteiger partial charge on any atom is -0.371 e. The van der Waals surface area contributed by atoms with E-state index in [1.165, 1.54) is 0 Å². The Morgan fingerprint density at radius 3 is 2.38 bits per heavy atom. The molecule has 0 rings (SSSR count). The highest BCUT2D eigenvalue weighted by Gasteiger charge is 2.27. The second-order valence-electron chi connectivity index (χ2n) is 3.75. The number of nitrogens with two attached hydrogens (primary N) is 1. The Morgan fingerprint density at radius 1 is 1.44 bits per heavy atom. The predicted molar refractivity (Wildman–Crippen MR) is 52.7 cm³/mol. The summed E-state index contributed by atoms with van der Waals surface area (Å²) in [6.45, 7) is 2.34. The highest BCUT2D eigenvalue weighted by atomic mass is 19.4. The van der Waals surface area contributed by atoms with Gasteiger partial charge in [0, 0.05) is 6.54 Å². The van der Waals surface area contributed by atoms with Gasteiger partial charge >= 0.3 is 6.18 Å². The Bertz CT molecular complexity index is 219. The number of carbonyl (C=O) groups is 1. The van der Waals surface area contributed by atoms with Crippen LogP contribution in [0.1, 0.15) is 13.8 Å². The summed E-state index contributed by atoms with van der Waals surface area (Å²) in [6, 6.07) is -0.547. The number of carbonyl (C=O) groups excluding carboxylic acids is 1. The Balaban J connectivity index is 3.68. The number of hydrogen-bond acceptors (Lipinski definition) is 3.